The molecule has 1 radical (unpaired) electrons. The van der Waals surface area contributed by atoms with Crippen LogP contribution in [0.2, 0.25) is 0 Å². The van der Waals surface area contributed by atoms with Crippen molar-refractivity contribution in [1.82, 2.24) is 0 Å². The van der Waals surface area contributed by atoms with Gasteiger partial charge in [-0.2, -0.15) is 0 Å². The van der Waals surface area contributed by atoms with Crippen molar-refractivity contribution in [1.29, 1.82) is 0 Å². The van der Waals surface area contributed by atoms with E-state index in [2.05, 4.69) is 6.92 Å². The monoisotopic (exact) mass is 171 g/mol. The molecule has 0 spiro atoms. The first-order chi connectivity index (χ1) is 5.66. The SMILES string of the molecule is [CH2]C(CO)c1cccc(F)c1F. The molecule has 0 bridgehead atoms. The molecule has 1 aromatic carbocycles. The van der Waals surface area contributed by atoms with Crippen LogP contribution in [0.1, 0.15) is 11.5 Å². The summed E-state index contributed by atoms with van der Waals surface area (Å²) in [4.78, 5) is 0. The van der Waals surface area contributed by atoms with Crippen LogP contribution in [0.4, 0.5) is 8.78 Å². The van der Waals surface area contributed by atoms with Crippen LogP contribution in [-0.4, -0.2) is 11.7 Å². The van der Waals surface area contributed by atoms with Gasteiger partial charge in [-0.3, -0.25) is 0 Å². The lowest BCUT2D eigenvalue weighted by molar-refractivity contribution is 0.279. The predicted octanol–water partition coefficient (Wildman–Crippen LogP) is 1.87. The highest BCUT2D eigenvalue weighted by Crippen LogP contribution is 2.19. The van der Waals surface area contributed by atoms with Crippen LogP contribution in [0.3, 0.4) is 0 Å². The molecule has 0 saturated carbocycles. The van der Waals surface area contributed by atoms with Crippen molar-refractivity contribution in [2.75, 3.05) is 6.61 Å². The van der Waals surface area contributed by atoms with Crippen molar-refractivity contribution >= 4 is 0 Å². The maximum absolute atomic E-state index is 12.9. The second-order valence-electron chi connectivity index (χ2n) is 2.52. The highest BCUT2D eigenvalue weighted by Gasteiger charge is 2.12. The van der Waals surface area contributed by atoms with Gasteiger partial charge in [-0.25, -0.2) is 8.78 Å². The Hall–Kier alpha value is -0.960. The number of halogens is 2. The van der Waals surface area contributed by atoms with Gasteiger partial charge in [0.2, 0.25) is 0 Å². The van der Waals surface area contributed by atoms with Crippen LogP contribution >= 0.6 is 0 Å². The smallest absolute Gasteiger partial charge is 0.162 e. The molecule has 1 atom stereocenters. The van der Waals surface area contributed by atoms with Crippen LogP contribution < -0.4 is 0 Å². The summed E-state index contributed by atoms with van der Waals surface area (Å²) in [6, 6.07) is 3.83. The highest BCUT2D eigenvalue weighted by molar-refractivity contribution is 5.23. The lowest BCUT2D eigenvalue weighted by Crippen LogP contribution is -2.03. The molecule has 0 aliphatic rings. The molecule has 3 heteroatoms. The molecular weight excluding hydrogens is 162 g/mol. The molecule has 0 aliphatic heterocycles. The van der Waals surface area contributed by atoms with Gasteiger partial charge in [-0.1, -0.05) is 12.1 Å². The van der Waals surface area contributed by atoms with Gasteiger partial charge in [0.05, 0.1) is 6.61 Å². The largest absolute Gasteiger partial charge is 0.396 e. The molecule has 0 saturated heterocycles. The van der Waals surface area contributed by atoms with E-state index in [1.54, 1.807) is 0 Å². The number of hydrogen-bond acceptors (Lipinski definition) is 1. The number of hydrogen-bond donors (Lipinski definition) is 1. The molecule has 0 amide bonds. The third-order valence-corrected chi connectivity index (χ3v) is 1.64. The quantitative estimate of drug-likeness (QED) is 0.720. The summed E-state index contributed by atoms with van der Waals surface area (Å²) < 4.78 is 25.5. The lowest BCUT2D eigenvalue weighted by Gasteiger charge is -2.08. The predicted molar refractivity (Wildman–Crippen MR) is 41.5 cm³/mol. The number of benzene rings is 1. The standard InChI is InChI=1S/C9H9F2O/c1-6(5-12)7-3-2-4-8(10)9(7)11/h2-4,6,12H,1,5H2. The first-order valence-electron chi connectivity index (χ1n) is 3.54. The molecule has 1 rings (SSSR count). The molecule has 1 aromatic rings. The number of rotatable bonds is 2. The molecule has 12 heavy (non-hydrogen) atoms. The topological polar surface area (TPSA) is 20.2 Å². The molecule has 0 aliphatic carbocycles. The van der Waals surface area contributed by atoms with Crippen molar-refractivity contribution in [3.8, 4) is 0 Å². The molecule has 1 N–H and O–H groups in total. The third kappa shape index (κ3) is 1.61. The van der Waals surface area contributed by atoms with Crippen LogP contribution in [0, 0.1) is 18.6 Å². The van der Waals surface area contributed by atoms with Gasteiger partial charge >= 0.3 is 0 Å². The normalized spacial score (nSPS) is 13.0. The Morgan fingerprint density at radius 2 is 2.08 bits per heavy atom. The highest BCUT2D eigenvalue weighted by atomic mass is 19.2. The van der Waals surface area contributed by atoms with Crippen LogP contribution in [-0.2, 0) is 0 Å². The molecule has 65 valence electrons. The Balaban J connectivity index is 3.07. The van der Waals surface area contributed by atoms with E-state index in [1.165, 1.54) is 12.1 Å². The maximum Gasteiger partial charge on any atom is 0.162 e. The average Bonchev–Trinajstić information content (AvgIpc) is 2.08. The van der Waals surface area contributed by atoms with E-state index in [4.69, 9.17) is 5.11 Å². The summed E-state index contributed by atoms with van der Waals surface area (Å²) in [7, 11) is 0. The third-order valence-electron chi connectivity index (χ3n) is 1.64. The fourth-order valence-electron chi connectivity index (χ4n) is 0.934. The summed E-state index contributed by atoms with van der Waals surface area (Å²) in [5.41, 5.74) is 0.109. The number of aliphatic hydroxyl groups excluding tert-OH is 1. The minimum Gasteiger partial charge on any atom is -0.396 e. The Labute approximate surface area is 69.7 Å². The summed E-state index contributed by atoms with van der Waals surface area (Å²) in [5.74, 6) is -2.44. The fraction of sp³-hybridized carbons (Fsp3) is 0.222. The minimum atomic E-state index is -0.924. The maximum atomic E-state index is 12.9. The van der Waals surface area contributed by atoms with E-state index in [1.807, 2.05) is 0 Å². The van der Waals surface area contributed by atoms with E-state index in [-0.39, 0.29) is 12.2 Å². The summed E-state index contributed by atoms with van der Waals surface area (Å²) in [6.07, 6.45) is 0. The van der Waals surface area contributed by atoms with Crippen molar-refractivity contribution < 1.29 is 13.9 Å². The van der Waals surface area contributed by atoms with E-state index < -0.39 is 17.6 Å². The zero-order valence-electron chi connectivity index (χ0n) is 6.43. The van der Waals surface area contributed by atoms with Crippen molar-refractivity contribution in [3.05, 3.63) is 42.3 Å². The summed E-state index contributed by atoms with van der Waals surface area (Å²) >= 11 is 0. The van der Waals surface area contributed by atoms with Gasteiger partial charge in [0.15, 0.2) is 11.6 Å². The molecular formula is C9H9F2O. The van der Waals surface area contributed by atoms with Crippen LogP contribution in [0.5, 0.6) is 0 Å². The van der Waals surface area contributed by atoms with Crippen molar-refractivity contribution in [2.45, 2.75) is 5.92 Å². The zero-order valence-corrected chi connectivity index (χ0v) is 6.43. The first kappa shape index (κ1) is 9.13. The fourth-order valence-corrected chi connectivity index (χ4v) is 0.934. The minimum absolute atomic E-state index is 0.109. The van der Waals surface area contributed by atoms with Crippen molar-refractivity contribution in [2.24, 2.45) is 0 Å². The van der Waals surface area contributed by atoms with Crippen LogP contribution in [0.25, 0.3) is 0 Å². The Morgan fingerprint density at radius 3 is 2.67 bits per heavy atom. The average molecular weight is 171 g/mol. The number of aliphatic hydroxyl groups is 1. The lowest BCUT2D eigenvalue weighted by atomic mass is 10.0. The first-order valence-corrected chi connectivity index (χ1v) is 3.54. The molecule has 0 heterocycles. The van der Waals surface area contributed by atoms with Gasteiger partial charge in [-0.05, 0) is 18.6 Å². The van der Waals surface area contributed by atoms with Gasteiger partial charge in [0.25, 0.3) is 0 Å². The van der Waals surface area contributed by atoms with E-state index in [9.17, 15) is 8.78 Å². The molecule has 1 unspecified atom stereocenters. The Kier molecular flexibility index (Phi) is 2.76. The van der Waals surface area contributed by atoms with E-state index >= 15 is 0 Å². The molecule has 1 nitrogen and oxygen atoms in total. The van der Waals surface area contributed by atoms with Crippen molar-refractivity contribution in [3.63, 3.8) is 0 Å². The van der Waals surface area contributed by atoms with Gasteiger partial charge in [0, 0.05) is 5.92 Å². The zero-order chi connectivity index (χ0) is 9.14. The molecule has 0 fully saturated rings. The van der Waals surface area contributed by atoms with Gasteiger partial charge in [0.1, 0.15) is 0 Å². The van der Waals surface area contributed by atoms with Crippen LogP contribution in [0.15, 0.2) is 18.2 Å². The summed E-state index contributed by atoms with van der Waals surface area (Å²) in [5, 5.41) is 8.65. The summed E-state index contributed by atoms with van der Waals surface area (Å²) in [6.45, 7) is 3.18. The van der Waals surface area contributed by atoms with E-state index in [0.717, 1.165) is 6.07 Å². The second kappa shape index (κ2) is 3.63. The molecule has 0 aromatic heterocycles. The second-order valence-corrected chi connectivity index (χ2v) is 2.52. The Bertz CT molecular complexity index is 273. The Morgan fingerprint density at radius 1 is 1.42 bits per heavy atom. The van der Waals surface area contributed by atoms with E-state index in [0.29, 0.717) is 0 Å². The van der Waals surface area contributed by atoms with Gasteiger partial charge in [-0.15, -0.1) is 0 Å². The van der Waals surface area contributed by atoms with Gasteiger partial charge < -0.3 is 5.11 Å².